The average molecular weight is 453 g/mol. The fraction of sp³-hybridized carbons (Fsp3) is 0.0385. The van der Waals surface area contributed by atoms with Crippen LogP contribution >= 0.6 is 11.3 Å². The van der Waals surface area contributed by atoms with Gasteiger partial charge in [-0.25, -0.2) is 4.98 Å². The van der Waals surface area contributed by atoms with Crippen molar-refractivity contribution in [1.29, 1.82) is 0 Å². The minimum Gasteiger partial charge on any atom is -0.324 e. The number of aromatic nitrogens is 2. The molecule has 0 radical (unpaired) electrons. The number of amides is 2. The number of imidazole rings is 1. The summed E-state index contributed by atoms with van der Waals surface area (Å²) >= 11 is 1.50. The molecule has 0 saturated carbocycles. The van der Waals surface area contributed by atoms with Crippen molar-refractivity contribution >= 4 is 39.5 Å². The molecule has 0 unspecified atom stereocenters. The first-order chi connectivity index (χ1) is 16.2. The van der Waals surface area contributed by atoms with Crippen molar-refractivity contribution in [1.82, 2.24) is 9.38 Å². The van der Waals surface area contributed by atoms with Crippen LogP contribution in [0, 0.1) is 0 Å². The van der Waals surface area contributed by atoms with Crippen molar-refractivity contribution in [3.05, 3.63) is 108 Å². The second-order valence-electron chi connectivity index (χ2n) is 7.46. The molecule has 5 rings (SSSR count). The van der Waals surface area contributed by atoms with Crippen LogP contribution in [-0.4, -0.2) is 21.2 Å². The zero-order valence-electron chi connectivity index (χ0n) is 17.6. The quantitative estimate of drug-likeness (QED) is 0.357. The molecule has 0 spiro atoms. The van der Waals surface area contributed by atoms with E-state index in [0.717, 1.165) is 21.9 Å². The van der Waals surface area contributed by atoms with Crippen LogP contribution in [-0.2, 0) is 11.2 Å². The Morgan fingerprint density at radius 3 is 2.18 bits per heavy atom. The van der Waals surface area contributed by atoms with Gasteiger partial charge in [-0.2, -0.15) is 0 Å². The molecule has 2 amide bonds. The van der Waals surface area contributed by atoms with Crippen molar-refractivity contribution < 1.29 is 9.59 Å². The van der Waals surface area contributed by atoms with E-state index in [2.05, 4.69) is 15.6 Å². The van der Waals surface area contributed by atoms with Crippen LogP contribution in [0.25, 0.3) is 16.2 Å². The van der Waals surface area contributed by atoms with E-state index in [4.69, 9.17) is 0 Å². The Morgan fingerprint density at radius 1 is 0.818 bits per heavy atom. The molecule has 33 heavy (non-hydrogen) atoms. The van der Waals surface area contributed by atoms with Gasteiger partial charge in [0.2, 0.25) is 5.91 Å². The summed E-state index contributed by atoms with van der Waals surface area (Å²) in [5.74, 6) is -0.408. The first kappa shape index (κ1) is 20.7. The summed E-state index contributed by atoms with van der Waals surface area (Å²) in [7, 11) is 0. The number of carbonyl (C=O) groups excluding carboxylic acids is 2. The molecule has 0 aliphatic heterocycles. The highest BCUT2D eigenvalue weighted by Crippen LogP contribution is 2.25. The van der Waals surface area contributed by atoms with Gasteiger partial charge in [0.25, 0.3) is 5.91 Å². The van der Waals surface area contributed by atoms with Crippen LogP contribution in [0.1, 0.15) is 16.1 Å². The van der Waals surface area contributed by atoms with Gasteiger partial charge in [0.15, 0.2) is 4.96 Å². The Balaban J connectivity index is 1.31. The lowest BCUT2D eigenvalue weighted by molar-refractivity contribution is -0.115. The van der Waals surface area contributed by atoms with E-state index in [1.54, 1.807) is 24.3 Å². The highest BCUT2D eigenvalue weighted by molar-refractivity contribution is 7.15. The summed E-state index contributed by atoms with van der Waals surface area (Å²) in [6.07, 6.45) is 2.14. The molecule has 2 aromatic heterocycles. The van der Waals surface area contributed by atoms with Gasteiger partial charge in [-0.15, -0.1) is 11.3 Å². The molecule has 2 N–H and O–H groups in total. The number of rotatable bonds is 6. The largest absolute Gasteiger partial charge is 0.324 e. The summed E-state index contributed by atoms with van der Waals surface area (Å²) < 4.78 is 1.95. The van der Waals surface area contributed by atoms with Crippen molar-refractivity contribution in [3.8, 4) is 11.3 Å². The number of thiazole rings is 1. The fourth-order valence-electron chi connectivity index (χ4n) is 3.55. The molecular formula is C26H20N4O2S. The van der Waals surface area contributed by atoms with E-state index >= 15 is 0 Å². The molecule has 0 fully saturated rings. The van der Waals surface area contributed by atoms with Gasteiger partial charge >= 0.3 is 0 Å². The highest BCUT2D eigenvalue weighted by Gasteiger charge is 2.15. The van der Waals surface area contributed by atoms with Crippen LogP contribution < -0.4 is 10.6 Å². The summed E-state index contributed by atoms with van der Waals surface area (Å²) in [5, 5.41) is 7.75. The lowest BCUT2D eigenvalue weighted by Gasteiger charge is -2.12. The lowest BCUT2D eigenvalue weighted by atomic mass is 10.2. The van der Waals surface area contributed by atoms with Gasteiger partial charge in [-0.1, -0.05) is 60.7 Å². The minimum atomic E-state index is -0.233. The molecule has 0 bridgehead atoms. The molecule has 2 heterocycles. The fourth-order valence-corrected chi connectivity index (χ4v) is 4.42. The van der Waals surface area contributed by atoms with Crippen LogP contribution in [0.3, 0.4) is 0 Å². The van der Waals surface area contributed by atoms with E-state index in [-0.39, 0.29) is 18.2 Å². The van der Waals surface area contributed by atoms with Crippen LogP contribution in [0.4, 0.5) is 11.4 Å². The standard InChI is InChI=1S/C26H20N4O2S/c31-24(15-20-17-33-26-29-23(16-30(20)26)18-9-3-1-4-10-18)27-21-13-7-8-14-22(21)28-25(32)19-11-5-2-6-12-19/h1-14,16-17H,15H2,(H,27,31)(H,28,32). The summed E-state index contributed by atoms with van der Waals surface area (Å²) in [6, 6.07) is 26.1. The van der Waals surface area contributed by atoms with E-state index in [1.807, 2.05) is 76.6 Å². The number of fused-ring (bicyclic) bond motifs is 1. The predicted molar refractivity (Wildman–Crippen MR) is 132 cm³/mol. The van der Waals surface area contributed by atoms with Gasteiger partial charge in [0.1, 0.15) is 0 Å². The highest BCUT2D eigenvalue weighted by atomic mass is 32.1. The molecule has 162 valence electrons. The molecule has 5 aromatic rings. The number of nitrogens with zero attached hydrogens (tertiary/aromatic N) is 2. The third kappa shape index (κ3) is 4.53. The molecule has 0 aliphatic rings. The van der Waals surface area contributed by atoms with Crippen LogP contribution in [0.5, 0.6) is 0 Å². The van der Waals surface area contributed by atoms with Gasteiger partial charge in [-0.05, 0) is 24.3 Å². The van der Waals surface area contributed by atoms with Crippen LogP contribution in [0.15, 0.2) is 96.5 Å². The first-order valence-corrected chi connectivity index (χ1v) is 11.3. The number of carbonyl (C=O) groups is 2. The summed E-state index contributed by atoms with van der Waals surface area (Å²) in [4.78, 5) is 30.9. The van der Waals surface area contributed by atoms with Crippen molar-refractivity contribution in [3.63, 3.8) is 0 Å². The maximum Gasteiger partial charge on any atom is 0.255 e. The number of hydrogen-bond acceptors (Lipinski definition) is 4. The normalized spacial score (nSPS) is 10.8. The summed E-state index contributed by atoms with van der Waals surface area (Å²) in [5.41, 5.74) is 4.41. The molecule has 0 saturated heterocycles. The van der Waals surface area contributed by atoms with Crippen molar-refractivity contribution in [2.45, 2.75) is 6.42 Å². The number of hydrogen-bond donors (Lipinski definition) is 2. The molecule has 0 aliphatic carbocycles. The van der Waals surface area contributed by atoms with Gasteiger partial charge in [-0.3, -0.25) is 14.0 Å². The van der Waals surface area contributed by atoms with Gasteiger partial charge < -0.3 is 10.6 Å². The van der Waals surface area contributed by atoms with Crippen molar-refractivity contribution in [2.75, 3.05) is 10.6 Å². The Bertz CT molecular complexity index is 1420. The molecular weight excluding hydrogens is 432 g/mol. The van der Waals surface area contributed by atoms with Crippen molar-refractivity contribution in [2.24, 2.45) is 0 Å². The zero-order chi connectivity index (χ0) is 22.6. The monoisotopic (exact) mass is 452 g/mol. The Kier molecular flexibility index (Phi) is 5.70. The lowest BCUT2D eigenvalue weighted by Crippen LogP contribution is -2.18. The second-order valence-corrected chi connectivity index (χ2v) is 8.30. The first-order valence-electron chi connectivity index (χ1n) is 10.4. The molecule has 0 atom stereocenters. The van der Waals surface area contributed by atoms with Gasteiger partial charge in [0, 0.05) is 28.4 Å². The second kappa shape index (κ2) is 9.10. The Morgan fingerprint density at radius 2 is 1.45 bits per heavy atom. The molecule has 7 heteroatoms. The maximum absolute atomic E-state index is 12.9. The molecule has 6 nitrogen and oxygen atoms in total. The van der Waals surface area contributed by atoms with E-state index in [9.17, 15) is 9.59 Å². The zero-order valence-corrected chi connectivity index (χ0v) is 18.4. The number of anilines is 2. The minimum absolute atomic E-state index is 0.175. The van der Waals surface area contributed by atoms with E-state index in [1.165, 1.54) is 11.3 Å². The predicted octanol–water partition coefficient (Wildman–Crippen LogP) is 5.50. The topological polar surface area (TPSA) is 75.5 Å². The van der Waals surface area contributed by atoms with Crippen LogP contribution in [0.2, 0.25) is 0 Å². The SMILES string of the molecule is O=C(Cc1csc2nc(-c3ccccc3)cn12)Nc1ccccc1NC(=O)c1ccccc1. The number of nitrogens with one attached hydrogen (secondary N) is 2. The third-order valence-electron chi connectivity index (χ3n) is 5.18. The molecule has 3 aromatic carbocycles. The average Bonchev–Trinajstić information content (AvgIpc) is 3.43. The third-order valence-corrected chi connectivity index (χ3v) is 6.07. The van der Waals surface area contributed by atoms with Gasteiger partial charge in [0.05, 0.1) is 23.5 Å². The maximum atomic E-state index is 12.9. The Hall–Kier alpha value is -4.23. The smallest absolute Gasteiger partial charge is 0.255 e. The number of benzene rings is 3. The summed E-state index contributed by atoms with van der Waals surface area (Å²) in [6.45, 7) is 0. The Labute approximate surface area is 194 Å². The van der Waals surface area contributed by atoms with E-state index < -0.39 is 0 Å². The van der Waals surface area contributed by atoms with E-state index in [0.29, 0.717) is 16.9 Å². The number of para-hydroxylation sites is 2.